The van der Waals surface area contributed by atoms with E-state index in [9.17, 15) is 0 Å². The molecule has 2 aliphatic heterocycles. The fraction of sp³-hybridized carbons (Fsp3) is 0.667. The molecule has 0 saturated carbocycles. The number of hydrogen-bond donors (Lipinski definition) is 1. The molecule has 3 nitrogen and oxygen atoms in total. The van der Waals surface area contributed by atoms with Crippen molar-refractivity contribution in [2.24, 2.45) is 5.92 Å². The van der Waals surface area contributed by atoms with Gasteiger partial charge in [-0.3, -0.25) is 0 Å². The van der Waals surface area contributed by atoms with E-state index >= 15 is 0 Å². The third-order valence-electron chi connectivity index (χ3n) is 4.92. The van der Waals surface area contributed by atoms with Gasteiger partial charge in [-0.1, -0.05) is 13.8 Å². The van der Waals surface area contributed by atoms with E-state index < -0.39 is 0 Å². The largest absolute Gasteiger partial charge is 0.372 e. The Balaban J connectivity index is 1.69. The maximum absolute atomic E-state index is 3.69. The van der Waals surface area contributed by atoms with E-state index in [1.807, 2.05) is 0 Å². The lowest BCUT2D eigenvalue weighted by Gasteiger charge is -2.29. The van der Waals surface area contributed by atoms with Crippen LogP contribution in [-0.4, -0.2) is 38.8 Å². The van der Waals surface area contributed by atoms with Crippen molar-refractivity contribution >= 4 is 11.4 Å². The monoisotopic (exact) mass is 287 g/mol. The molecule has 0 radical (unpaired) electrons. The highest BCUT2D eigenvalue weighted by atomic mass is 15.2. The molecule has 0 aliphatic carbocycles. The molecular formula is C18H29N3. The first-order valence-corrected chi connectivity index (χ1v) is 8.57. The zero-order valence-corrected chi connectivity index (χ0v) is 13.5. The Labute approximate surface area is 129 Å². The Morgan fingerprint density at radius 3 is 2.10 bits per heavy atom. The minimum atomic E-state index is 0.603. The highest BCUT2D eigenvalue weighted by Crippen LogP contribution is 2.25. The first kappa shape index (κ1) is 14.7. The van der Waals surface area contributed by atoms with Gasteiger partial charge in [0.1, 0.15) is 0 Å². The molecule has 2 fully saturated rings. The van der Waals surface area contributed by atoms with Crippen LogP contribution >= 0.6 is 0 Å². The number of nitrogens with zero attached hydrogens (tertiary/aromatic N) is 2. The minimum absolute atomic E-state index is 0.603. The molecule has 2 aliphatic rings. The molecule has 116 valence electrons. The molecular weight excluding hydrogens is 258 g/mol. The van der Waals surface area contributed by atoms with E-state index in [-0.39, 0.29) is 0 Å². The molecule has 0 aromatic heterocycles. The number of nitrogens with one attached hydrogen (secondary N) is 1. The fourth-order valence-electron chi connectivity index (χ4n) is 3.48. The van der Waals surface area contributed by atoms with Gasteiger partial charge >= 0.3 is 0 Å². The number of benzene rings is 1. The molecule has 0 bridgehead atoms. The summed E-state index contributed by atoms with van der Waals surface area (Å²) in [6.45, 7) is 10.5. The highest BCUT2D eigenvalue weighted by Gasteiger charge is 2.20. The second-order valence-corrected chi connectivity index (χ2v) is 6.81. The molecule has 3 heteroatoms. The van der Waals surface area contributed by atoms with Gasteiger partial charge in [0, 0.05) is 43.6 Å². The van der Waals surface area contributed by atoms with Gasteiger partial charge in [0.05, 0.1) is 0 Å². The van der Waals surface area contributed by atoms with Crippen LogP contribution in [0.25, 0.3) is 0 Å². The lowest BCUT2D eigenvalue weighted by Crippen LogP contribution is -2.41. The molecule has 3 rings (SSSR count). The van der Waals surface area contributed by atoms with Crippen LogP contribution in [0.4, 0.5) is 11.4 Å². The number of anilines is 2. The van der Waals surface area contributed by atoms with Crippen LogP contribution in [0.2, 0.25) is 0 Å². The summed E-state index contributed by atoms with van der Waals surface area (Å²) in [5.74, 6) is 0.689. The van der Waals surface area contributed by atoms with E-state index in [1.54, 1.807) is 0 Å². The molecule has 1 atom stereocenters. The zero-order chi connectivity index (χ0) is 14.7. The van der Waals surface area contributed by atoms with Crippen molar-refractivity contribution in [3.8, 4) is 0 Å². The van der Waals surface area contributed by atoms with Crippen molar-refractivity contribution in [1.29, 1.82) is 0 Å². The third kappa shape index (κ3) is 3.52. The topological polar surface area (TPSA) is 18.5 Å². The summed E-state index contributed by atoms with van der Waals surface area (Å²) in [6.07, 6.45) is 3.92. The summed E-state index contributed by atoms with van der Waals surface area (Å²) in [5, 5.41) is 3.69. The average molecular weight is 287 g/mol. The Hall–Kier alpha value is -1.22. The summed E-state index contributed by atoms with van der Waals surface area (Å²) < 4.78 is 0. The second-order valence-electron chi connectivity index (χ2n) is 6.81. The van der Waals surface area contributed by atoms with Gasteiger partial charge in [-0.2, -0.15) is 0 Å². The van der Waals surface area contributed by atoms with Crippen molar-refractivity contribution in [1.82, 2.24) is 5.32 Å². The van der Waals surface area contributed by atoms with E-state index in [2.05, 4.69) is 53.2 Å². The SMILES string of the molecule is CC(C)C1CN(c2ccc(N3CCCC3)cc2)CCCN1. The maximum Gasteiger partial charge on any atom is 0.0368 e. The van der Waals surface area contributed by atoms with Crippen LogP contribution < -0.4 is 15.1 Å². The molecule has 0 spiro atoms. The molecule has 1 N–H and O–H groups in total. The van der Waals surface area contributed by atoms with Crippen molar-refractivity contribution in [2.45, 2.75) is 39.2 Å². The molecule has 0 amide bonds. The second kappa shape index (κ2) is 6.69. The Morgan fingerprint density at radius 2 is 1.48 bits per heavy atom. The smallest absolute Gasteiger partial charge is 0.0368 e. The summed E-state index contributed by atoms with van der Waals surface area (Å²) in [5.41, 5.74) is 2.77. The summed E-state index contributed by atoms with van der Waals surface area (Å²) in [6, 6.07) is 9.85. The van der Waals surface area contributed by atoms with Gasteiger partial charge in [0.15, 0.2) is 0 Å². The van der Waals surface area contributed by atoms with Crippen LogP contribution in [0.15, 0.2) is 24.3 Å². The lowest BCUT2D eigenvalue weighted by atomic mass is 10.0. The van der Waals surface area contributed by atoms with E-state index in [0.717, 1.165) is 13.1 Å². The molecule has 2 heterocycles. The van der Waals surface area contributed by atoms with Crippen molar-refractivity contribution < 1.29 is 0 Å². The van der Waals surface area contributed by atoms with Crippen LogP contribution in [0, 0.1) is 5.92 Å². The van der Waals surface area contributed by atoms with E-state index in [1.165, 1.54) is 50.3 Å². The average Bonchev–Trinajstić information content (AvgIpc) is 2.91. The predicted octanol–water partition coefficient (Wildman–Crippen LogP) is 3.11. The molecule has 1 aromatic rings. The van der Waals surface area contributed by atoms with E-state index in [0.29, 0.717) is 12.0 Å². The zero-order valence-electron chi connectivity index (χ0n) is 13.5. The summed E-state index contributed by atoms with van der Waals surface area (Å²) >= 11 is 0. The maximum atomic E-state index is 3.69. The van der Waals surface area contributed by atoms with Crippen LogP contribution in [-0.2, 0) is 0 Å². The normalized spacial score (nSPS) is 23.7. The summed E-state index contributed by atoms with van der Waals surface area (Å²) in [4.78, 5) is 5.06. The molecule has 21 heavy (non-hydrogen) atoms. The Morgan fingerprint density at radius 1 is 0.905 bits per heavy atom. The third-order valence-corrected chi connectivity index (χ3v) is 4.92. The standard InChI is InChI=1S/C18H29N3/c1-15(2)18-14-21(13-5-10-19-18)17-8-6-16(7-9-17)20-11-3-4-12-20/h6-9,15,18-19H,3-5,10-14H2,1-2H3. The molecule has 2 saturated heterocycles. The Kier molecular flexibility index (Phi) is 4.69. The predicted molar refractivity (Wildman–Crippen MR) is 91.3 cm³/mol. The molecule has 1 unspecified atom stereocenters. The lowest BCUT2D eigenvalue weighted by molar-refractivity contribution is 0.420. The summed E-state index contributed by atoms with van der Waals surface area (Å²) in [7, 11) is 0. The molecule has 1 aromatic carbocycles. The van der Waals surface area contributed by atoms with Crippen molar-refractivity contribution in [2.75, 3.05) is 42.5 Å². The van der Waals surface area contributed by atoms with E-state index in [4.69, 9.17) is 0 Å². The van der Waals surface area contributed by atoms with Crippen LogP contribution in [0.5, 0.6) is 0 Å². The van der Waals surface area contributed by atoms with Gasteiger partial charge in [0.25, 0.3) is 0 Å². The first-order chi connectivity index (χ1) is 10.2. The van der Waals surface area contributed by atoms with Crippen molar-refractivity contribution in [3.63, 3.8) is 0 Å². The van der Waals surface area contributed by atoms with Gasteiger partial charge < -0.3 is 15.1 Å². The van der Waals surface area contributed by atoms with Gasteiger partial charge in [-0.15, -0.1) is 0 Å². The number of hydrogen-bond acceptors (Lipinski definition) is 3. The van der Waals surface area contributed by atoms with Gasteiger partial charge in [-0.05, 0) is 56.0 Å². The number of rotatable bonds is 3. The van der Waals surface area contributed by atoms with Crippen molar-refractivity contribution in [3.05, 3.63) is 24.3 Å². The Bertz CT molecular complexity index is 434. The van der Waals surface area contributed by atoms with Gasteiger partial charge in [0.2, 0.25) is 0 Å². The minimum Gasteiger partial charge on any atom is -0.372 e. The fourth-order valence-corrected chi connectivity index (χ4v) is 3.48. The van der Waals surface area contributed by atoms with Crippen LogP contribution in [0.3, 0.4) is 0 Å². The van der Waals surface area contributed by atoms with Gasteiger partial charge in [-0.25, -0.2) is 0 Å². The first-order valence-electron chi connectivity index (χ1n) is 8.57. The van der Waals surface area contributed by atoms with Crippen LogP contribution in [0.1, 0.15) is 33.1 Å². The highest BCUT2D eigenvalue weighted by molar-refractivity contribution is 5.57. The quantitative estimate of drug-likeness (QED) is 0.921.